The molecule has 3 aromatic heterocycles. The molecule has 3 heterocycles. The van der Waals surface area contributed by atoms with Gasteiger partial charge in [0.25, 0.3) is 5.91 Å². The molecule has 1 N–H and O–H groups in total. The van der Waals surface area contributed by atoms with Crippen molar-refractivity contribution in [1.29, 1.82) is 5.26 Å². The molecular formula is C21H14ClN5O2S. The molecule has 4 aromatic rings. The van der Waals surface area contributed by atoms with Gasteiger partial charge in [0.2, 0.25) is 0 Å². The zero-order valence-electron chi connectivity index (χ0n) is 15.9. The number of rotatable bonds is 4. The van der Waals surface area contributed by atoms with E-state index in [-0.39, 0.29) is 11.1 Å². The number of hydrogen-bond acceptors (Lipinski definition) is 7. The van der Waals surface area contributed by atoms with Gasteiger partial charge in [-0.25, -0.2) is 9.97 Å². The molecule has 0 fully saturated rings. The molecule has 0 spiro atoms. The molecule has 7 nitrogen and oxygen atoms in total. The molecule has 1 aromatic carbocycles. The predicted octanol–water partition coefficient (Wildman–Crippen LogP) is 4.85. The quantitative estimate of drug-likeness (QED) is 0.460. The van der Waals surface area contributed by atoms with Crippen LogP contribution in [0, 0.1) is 18.3 Å². The van der Waals surface area contributed by atoms with Crippen molar-refractivity contribution in [2.24, 2.45) is 0 Å². The molecule has 0 aliphatic carbocycles. The van der Waals surface area contributed by atoms with Crippen LogP contribution in [0.2, 0.25) is 5.15 Å². The van der Waals surface area contributed by atoms with Crippen LogP contribution in [-0.2, 0) is 0 Å². The van der Waals surface area contributed by atoms with Gasteiger partial charge >= 0.3 is 0 Å². The van der Waals surface area contributed by atoms with E-state index >= 15 is 0 Å². The number of thiazole rings is 1. The van der Waals surface area contributed by atoms with Crippen LogP contribution in [0.3, 0.4) is 0 Å². The van der Waals surface area contributed by atoms with Gasteiger partial charge in [-0.05, 0) is 37.3 Å². The molecule has 0 bridgehead atoms. The van der Waals surface area contributed by atoms with Crippen LogP contribution in [0.15, 0.2) is 42.7 Å². The lowest BCUT2D eigenvalue weighted by molar-refractivity contribution is 0.102. The Morgan fingerprint density at radius 2 is 2.03 bits per heavy atom. The summed E-state index contributed by atoms with van der Waals surface area (Å²) in [6.07, 6.45) is 3.02. The Bertz CT molecular complexity index is 1330. The first kappa shape index (κ1) is 19.8. The zero-order valence-corrected chi connectivity index (χ0v) is 17.5. The first-order chi connectivity index (χ1) is 14.5. The molecule has 0 saturated heterocycles. The lowest BCUT2D eigenvalue weighted by atomic mass is 10.0. The number of carbonyl (C=O) groups is 1. The first-order valence-corrected chi connectivity index (χ1v) is 9.96. The van der Waals surface area contributed by atoms with Crippen LogP contribution in [0.25, 0.3) is 21.3 Å². The molecule has 0 saturated carbocycles. The van der Waals surface area contributed by atoms with Gasteiger partial charge in [-0.2, -0.15) is 5.26 Å². The Morgan fingerprint density at radius 3 is 2.80 bits per heavy atom. The molecule has 0 aliphatic rings. The molecule has 9 heteroatoms. The number of pyridine rings is 2. The smallest absolute Gasteiger partial charge is 0.259 e. The lowest BCUT2D eigenvalue weighted by Crippen LogP contribution is -2.14. The highest BCUT2D eigenvalue weighted by Crippen LogP contribution is 2.34. The fraction of sp³-hybridized carbons (Fsp3) is 0.0952. The van der Waals surface area contributed by atoms with E-state index in [4.69, 9.17) is 21.6 Å². The van der Waals surface area contributed by atoms with Gasteiger partial charge in [0.1, 0.15) is 10.9 Å². The van der Waals surface area contributed by atoms with Gasteiger partial charge in [0.15, 0.2) is 5.13 Å². The molecule has 0 atom stereocenters. The van der Waals surface area contributed by atoms with E-state index in [2.05, 4.69) is 26.3 Å². The third kappa shape index (κ3) is 3.81. The Morgan fingerprint density at radius 1 is 1.20 bits per heavy atom. The number of amides is 1. The highest BCUT2D eigenvalue weighted by molar-refractivity contribution is 7.22. The summed E-state index contributed by atoms with van der Waals surface area (Å²) in [6.45, 7) is 1.83. The molecule has 4 rings (SSSR count). The highest BCUT2D eigenvalue weighted by Gasteiger charge is 2.19. The third-order valence-corrected chi connectivity index (χ3v) is 5.51. The minimum atomic E-state index is -0.368. The van der Waals surface area contributed by atoms with E-state index in [1.807, 2.05) is 6.92 Å². The maximum atomic E-state index is 13.1. The van der Waals surface area contributed by atoms with Crippen LogP contribution in [-0.4, -0.2) is 28.0 Å². The Labute approximate surface area is 181 Å². The summed E-state index contributed by atoms with van der Waals surface area (Å²) >= 11 is 7.38. The van der Waals surface area contributed by atoms with Gasteiger partial charge in [0, 0.05) is 23.0 Å². The van der Waals surface area contributed by atoms with Crippen LogP contribution >= 0.6 is 22.9 Å². The number of nitriles is 1. The maximum Gasteiger partial charge on any atom is 0.259 e. The van der Waals surface area contributed by atoms with Crippen molar-refractivity contribution < 1.29 is 9.53 Å². The summed E-state index contributed by atoms with van der Waals surface area (Å²) < 4.78 is 6.21. The molecule has 30 heavy (non-hydrogen) atoms. The highest BCUT2D eigenvalue weighted by atomic mass is 35.5. The van der Waals surface area contributed by atoms with Crippen molar-refractivity contribution >= 4 is 44.2 Å². The second-order valence-corrected chi connectivity index (χ2v) is 7.76. The van der Waals surface area contributed by atoms with E-state index in [0.717, 1.165) is 10.4 Å². The fourth-order valence-electron chi connectivity index (χ4n) is 2.97. The number of aromatic nitrogens is 3. The van der Waals surface area contributed by atoms with Gasteiger partial charge in [-0.3, -0.25) is 15.1 Å². The Balaban J connectivity index is 1.74. The lowest BCUT2D eigenvalue weighted by Gasteiger charge is -2.13. The van der Waals surface area contributed by atoms with Crippen molar-refractivity contribution in [1.82, 2.24) is 15.0 Å². The number of hydrogen-bond donors (Lipinski definition) is 1. The van der Waals surface area contributed by atoms with Crippen molar-refractivity contribution in [3.8, 4) is 22.9 Å². The van der Waals surface area contributed by atoms with Crippen molar-refractivity contribution in [2.75, 3.05) is 12.4 Å². The average Bonchev–Trinajstić information content (AvgIpc) is 3.14. The summed E-state index contributed by atoms with van der Waals surface area (Å²) in [4.78, 5) is 25.8. The molecular weight excluding hydrogens is 422 g/mol. The molecule has 148 valence electrons. The summed E-state index contributed by atoms with van der Waals surface area (Å²) in [5, 5.41) is 12.6. The second kappa shape index (κ2) is 8.06. The van der Waals surface area contributed by atoms with Crippen LogP contribution in [0.1, 0.15) is 21.6 Å². The van der Waals surface area contributed by atoms with Crippen LogP contribution < -0.4 is 10.1 Å². The van der Waals surface area contributed by atoms with Gasteiger partial charge in [-0.1, -0.05) is 22.9 Å². The minimum Gasteiger partial charge on any atom is -0.494 e. The van der Waals surface area contributed by atoms with E-state index < -0.39 is 0 Å². The van der Waals surface area contributed by atoms with E-state index in [1.165, 1.54) is 30.8 Å². The minimum absolute atomic E-state index is 0.283. The summed E-state index contributed by atoms with van der Waals surface area (Å²) in [5.41, 5.74) is 3.58. The van der Waals surface area contributed by atoms with Crippen molar-refractivity contribution in [3.05, 3.63) is 64.7 Å². The summed E-state index contributed by atoms with van der Waals surface area (Å²) in [5.74, 6) is 0.120. The summed E-state index contributed by atoms with van der Waals surface area (Å²) in [7, 11) is 1.53. The maximum absolute atomic E-state index is 13.1. The number of anilines is 1. The predicted molar refractivity (Wildman–Crippen MR) is 116 cm³/mol. The number of halogens is 1. The second-order valence-electron chi connectivity index (χ2n) is 6.35. The van der Waals surface area contributed by atoms with Crippen molar-refractivity contribution in [2.45, 2.75) is 6.92 Å². The number of carbonyl (C=O) groups excluding carboxylic acids is 1. The largest absolute Gasteiger partial charge is 0.494 e. The Hall–Kier alpha value is -3.54. The summed E-state index contributed by atoms with van der Waals surface area (Å²) in [6, 6.07) is 10.7. The fourth-order valence-corrected chi connectivity index (χ4v) is 4.02. The number of aryl methyl sites for hydroxylation is 1. The van der Waals surface area contributed by atoms with Crippen LogP contribution in [0.4, 0.5) is 5.13 Å². The van der Waals surface area contributed by atoms with Gasteiger partial charge in [0.05, 0.1) is 40.7 Å². The van der Waals surface area contributed by atoms with E-state index in [1.54, 1.807) is 30.3 Å². The number of methoxy groups -OCH3 is 1. The molecule has 1 amide bonds. The molecule has 0 aliphatic heterocycles. The van der Waals surface area contributed by atoms with Gasteiger partial charge in [-0.15, -0.1) is 0 Å². The molecule has 0 unspecified atom stereocenters. The number of fused-ring (bicyclic) bond motifs is 1. The SMILES string of the molecule is COc1cnc(Cl)cc1-c1cc(C)ncc1C(=O)Nc1nc2ccc(C#N)cc2s1. The topological polar surface area (TPSA) is 101 Å². The average molecular weight is 436 g/mol. The number of nitrogens with zero attached hydrogens (tertiary/aromatic N) is 4. The molecule has 0 radical (unpaired) electrons. The van der Waals surface area contributed by atoms with E-state index in [9.17, 15) is 4.79 Å². The number of benzene rings is 1. The Kier molecular flexibility index (Phi) is 5.31. The number of ether oxygens (including phenoxy) is 1. The first-order valence-electron chi connectivity index (χ1n) is 8.77. The zero-order chi connectivity index (χ0) is 21.3. The number of nitrogens with one attached hydrogen (secondary N) is 1. The van der Waals surface area contributed by atoms with Crippen molar-refractivity contribution in [3.63, 3.8) is 0 Å². The monoisotopic (exact) mass is 435 g/mol. The van der Waals surface area contributed by atoms with Gasteiger partial charge < -0.3 is 4.74 Å². The third-order valence-electron chi connectivity index (χ3n) is 4.37. The van der Waals surface area contributed by atoms with E-state index in [0.29, 0.717) is 38.7 Å². The standard InChI is InChI=1S/C21H14ClN5O2S/c1-11-5-13(14-7-19(22)25-10-17(14)29-2)15(9-24-11)20(28)27-21-26-16-4-3-12(8-23)6-18(16)30-21/h3-7,9-10H,1-2H3,(H,26,27,28). The van der Waals surface area contributed by atoms with Crippen LogP contribution in [0.5, 0.6) is 5.75 Å². The normalized spacial score (nSPS) is 10.6.